The number of aryl methyl sites for hydroxylation is 2. The maximum absolute atomic E-state index is 13.3. The fourth-order valence-corrected chi connectivity index (χ4v) is 9.83. The van der Waals surface area contributed by atoms with Crippen molar-refractivity contribution in [3.8, 4) is 12.1 Å². The van der Waals surface area contributed by atoms with Crippen LogP contribution in [0.1, 0.15) is 112 Å². The average molecular weight is 1010 g/mol. The number of hydrogen-bond donors (Lipinski definition) is 2. The quantitative estimate of drug-likeness (QED) is 0.174. The number of ether oxygens (including phenoxy) is 1. The van der Waals surface area contributed by atoms with Crippen LogP contribution in [-0.2, 0) is 9.53 Å². The van der Waals surface area contributed by atoms with Crippen LogP contribution in [0.5, 0.6) is 0 Å². The predicted octanol–water partition coefficient (Wildman–Crippen LogP) is 8.41. The van der Waals surface area contributed by atoms with Gasteiger partial charge in [-0.15, -0.1) is 0 Å². The summed E-state index contributed by atoms with van der Waals surface area (Å²) in [6.45, 7) is 16.0. The largest absolute Gasteiger partial charge is 0.450 e. The summed E-state index contributed by atoms with van der Waals surface area (Å²) in [6, 6.07) is 30.1. The first-order chi connectivity index (χ1) is 35.6. The number of likely N-dealkylation sites (tertiary alicyclic amines) is 2. The van der Waals surface area contributed by atoms with Crippen molar-refractivity contribution in [3.63, 3.8) is 0 Å². The highest BCUT2D eigenvalue weighted by molar-refractivity contribution is 5.98. The van der Waals surface area contributed by atoms with Crippen molar-refractivity contribution in [2.24, 2.45) is 5.92 Å². The third-order valence-electron chi connectivity index (χ3n) is 14.5. The topological polar surface area (TPSA) is 203 Å². The minimum absolute atomic E-state index is 0.0328. The molecule has 4 fully saturated rings. The lowest BCUT2D eigenvalue weighted by Gasteiger charge is -2.35. The molecule has 4 saturated heterocycles. The highest BCUT2D eigenvalue weighted by atomic mass is 16.6. The second kappa shape index (κ2) is 25.2. The lowest BCUT2D eigenvalue weighted by atomic mass is 9.89. The van der Waals surface area contributed by atoms with Gasteiger partial charge in [0.1, 0.15) is 0 Å². The lowest BCUT2D eigenvalue weighted by molar-refractivity contribution is -0.135. The van der Waals surface area contributed by atoms with Gasteiger partial charge >= 0.3 is 18.2 Å². The summed E-state index contributed by atoms with van der Waals surface area (Å²) in [4.78, 5) is 87.0. The van der Waals surface area contributed by atoms with Crippen LogP contribution < -0.4 is 10.6 Å². The van der Waals surface area contributed by atoms with Crippen LogP contribution >= 0.6 is 0 Å². The molecule has 0 spiro atoms. The van der Waals surface area contributed by atoms with Gasteiger partial charge in [0.25, 0.3) is 11.8 Å². The van der Waals surface area contributed by atoms with Crippen LogP contribution in [0.25, 0.3) is 0 Å². The molecule has 0 saturated carbocycles. The number of piperazine rings is 2. The number of urea groups is 2. The molecule has 4 aliphatic rings. The Kier molecular flexibility index (Phi) is 18.3. The molecule has 4 aromatic rings. The fraction of sp³-hybridized carbons (Fsp3) is 0.439. The predicted molar refractivity (Wildman–Crippen MR) is 282 cm³/mol. The molecule has 17 heteroatoms. The molecule has 388 valence electrons. The number of benzene rings is 4. The number of nitriles is 2. The van der Waals surface area contributed by atoms with Crippen molar-refractivity contribution in [1.29, 1.82) is 10.5 Å². The summed E-state index contributed by atoms with van der Waals surface area (Å²) < 4.78 is 5.03. The Morgan fingerprint density at radius 3 is 1.24 bits per heavy atom. The minimum Gasteiger partial charge on any atom is -0.450 e. The van der Waals surface area contributed by atoms with Crippen LogP contribution in [0, 0.1) is 42.4 Å². The third-order valence-corrected chi connectivity index (χ3v) is 14.5. The van der Waals surface area contributed by atoms with Gasteiger partial charge in [-0.05, 0) is 129 Å². The molecule has 8 amide bonds. The first-order valence-electron chi connectivity index (χ1n) is 25.8. The highest BCUT2D eigenvalue weighted by Gasteiger charge is 2.30. The number of nitrogens with zero attached hydrogens (tertiary/aromatic N) is 8. The van der Waals surface area contributed by atoms with Gasteiger partial charge in [0.05, 0.1) is 29.9 Å². The Hall–Kier alpha value is -7.92. The van der Waals surface area contributed by atoms with Crippen LogP contribution in [-0.4, -0.2) is 150 Å². The van der Waals surface area contributed by atoms with E-state index in [0.717, 1.165) is 36.8 Å². The van der Waals surface area contributed by atoms with E-state index in [0.29, 0.717) is 131 Å². The second-order valence-electron chi connectivity index (χ2n) is 19.7. The van der Waals surface area contributed by atoms with Gasteiger partial charge < -0.3 is 44.8 Å². The van der Waals surface area contributed by atoms with Crippen molar-refractivity contribution < 1.29 is 33.5 Å². The van der Waals surface area contributed by atoms with E-state index in [1.807, 2.05) is 109 Å². The molecular weight excluding hydrogens is 937 g/mol. The summed E-state index contributed by atoms with van der Waals surface area (Å²) in [5, 5.41) is 23.9. The molecule has 2 N–H and O–H groups in total. The molecule has 0 aliphatic carbocycles. The summed E-state index contributed by atoms with van der Waals surface area (Å²) in [5.41, 5.74) is 7.82. The van der Waals surface area contributed by atoms with Gasteiger partial charge in [0.2, 0.25) is 5.91 Å². The van der Waals surface area contributed by atoms with E-state index < -0.39 is 0 Å². The second-order valence-corrected chi connectivity index (χ2v) is 19.7. The monoisotopic (exact) mass is 1000 g/mol. The number of piperidine rings is 2. The van der Waals surface area contributed by atoms with Crippen LogP contribution in [0.15, 0.2) is 84.9 Å². The number of rotatable bonds is 8. The molecule has 0 unspecified atom stereocenters. The Morgan fingerprint density at radius 2 is 0.892 bits per heavy atom. The van der Waals surface area contributed by atoms with Gasteiger partial charge in [0.15, 0.2) is 0 Å². The van der Waals surface area contributed by atoms with Crippen LogP contribution in [0.4, 0.5) is 25.8 Å². The van der Waals surface area contributed by atoms with Crippen molar-refractivity contribution in [1.82, 2.24) is 29.4 Å². The first-order valence-corrected chi connectivity index (χ1v) is 25.8. The number of hydrogen-bond acceptors (Lipinski definition) is 9. The Labute approximate surface area is 434 Å². The van der Waals surface area contributed by atoms with E-state index >= 15 is 0 Å². The molecule has 17 nitrogen and oxygen atoms in total. The van der Waals surface area contributed by atoms with Gasteiger partial charge in [0, 0.05) is 107 Å². The third kappa shape index (κ3) is 13.6. The molecule has 0 atom stereocenters. The highest BCUT2D eigenvalue weighted by Crippen LogP contribution is 2.31. The van der Waals surface area contributed by atoms with Crippen molar-refractivity contribution in [2.45, 2.75) is 72.1 Å². The van der Waals surface area contributed by atoms with Crippen LogP contribution in [0.3, 0.4) is 0 Å². The molecule has 4 heterocycles. The molecule has 74 heavy (non-hydrogen) atoms. The molecule has 4 aromatic carbocycles. The van der Waals surface area contributed by atoms with Crippen LogP contribution in [0.2, 0.25) is 0 Å². The Morgan fingerprint density at radius 1 is 0.527 bits per heavy atom. The van der Waals surface area contributed by atoms with Gasteiger partial charge in [-0.2, -0.15) is 10.5 Å². The number of amides is 8. The van der Waals surface area contributed by atoms with E-state index in [9.17, 15) is 28.8 Å². The van der Waals surface area contributed by atoms with E-state index in [-0.39, 0.29) is 41.8 Å². The molecule has 4 aliphatic heterocycles. The molecule has 0 aromatic heterocycles. The number of carbonyl (C=O) groups excluding carboxylic acids is 6. The molecular formula is C57H68N10O7. The van der Waals surface area contributed by atoms with E-state index in [4.69, 9.17) is 15.3 Å². The lowest BCUT2D eigenvalue weighted by Crippen LogP contribution is -2.52. The summed E-state index contributed by atoms with van der Waals surface area (Å²) in [6.07, 6.45) is 3.12. The minimum atomic E-state index is -0.356. The summed E-state index contributed by atoms with van der Waals surface area (Å²) in [7, 11) is 0. The van der Waals surface area contributed by atoms with Crippen molar-refractivity contribution in [3.05, 3.63) is 129 Å². The van der Waals surface area contributed by atoms with E-state index in [2.05, 4.69) is 22.8 Å². The zero-order valence-corrected chi connectivity index (χ0v) is 43.3. The standard InChI is InChI=1S/C29H35N5O3.C28H33N5O4/c1-20(2)27(35)33-14-16-34(17-15-33)29(37)31-26-18-25(7-4-21(26)3)28(36)32-12-10-24(11-13-32)23-8-5-22(19-30)6-9-23;1-3-37-28(36)33-16-14-32(15-17-33)27(35)30-25-18-24(7-4-20(25)2)26(34)31-12-10-23(11-13-31)22-8-5-21(19-29)6-9-22/h4-9,18,20,24H,10-17H2,1-3H3,(H,31,37);4-9,18,23H,3,10-17H2,1-2H3,(H,30,35). The zero-order chi connectivity index (χ0) is 52.9. The SMILES string of the molecule is CCOC(=O)N1CCN(C(=O)Nc2cc(C(=O)N3CCC(c4ccc(C#N)cc4)CC3)ccc2C)CC1.Cc1ccc(C(=O)N2CCC(c3ccc(C#N)cc3)CC2)cc1NC(=O)N1CCN(C(=O)C(C)C)CC1. The number of carbonyl (C=O) groups is 6. The van der Waals surface area contributed by atoms with Gasteiger partial charge in [-0.25, -0.2) is 14.4 Å². The van der Waals surface area contributed by atoms with Gasteiger partial charge in [-0.1, -0.05) is 50.2 Å². The number of nitrogens with one attached hydrogen (secondary N) is 2. The normalized spacial score (nSPS) is 16.3. The maximum Gasteiger partial charge on any atom is 0.409 e. The molecule has 0 bridgehead atoms. The summed E-state index contributed by atoms with van der Waals surface area (Å²) >= 11 is 0. The van der Waals surface area contributed by atoms with Crippen molar-refractivity contribution in [2.75, 3.05) is 95.8 Å². The summed E-state index contributed by atoms with van der Waals surface area (Å²) in [5.74, 6) is 0.731. The smallest absolute Gasteiger partial charge is 0.409 e. The van der Waals surface area contributed by atoms with Gasteiger partial charge in [-0.3, -0.25) is 14.4 Å². The molecule has 0 radical (unpaired) electrons. The van der Waals surface area contributed by atoms with E-state index in [1.165, 1.54) is 11.1 Å². The number of anilines is 2. The Balaban J connectivity index is 0.000000216. The molecule has 8 rings (SSSR count). The first kappa shape index (κ1) is 53.9. The van der Waals surface area contributed by atoms with Crippen molar-refractivity contribution >= 4 is 47.3 Å². The van der Waals surface area contributed by atoms with E-state index in [1.54, 1.807) is 39.8 Å². The Bertz CT molecular complexity index is 2740. The zero-order valence-electron chi connectivity index (χ0n) is 43.3. The fourth-order valence-electron chi connectivity index (χ4n) is 9.83. The average Bonchev–Trinajstić information content (AvgIpc) is 3.44. The maximum atomic E-state index is 13.3.